The van der Waals surface area contributed by atoms with Crippen LogP contribution in [-0.2, 0) is 4.79 Å². The van der Waals surface area contributed by atoms with Crippen LogP contribution in [0.4, 0.5) is 14.9 Å². The molecule has 3 N–H and O–H groups in total. The predicted molar refractivity (Wildman–Crippen MR) is 110 cm³/mol. The van der Waals surface area contributed by atoms with Crippen molar-refractivity contribution in [1.29, 1.82) is 0 Å². The van der Waals surface area contributed by atoms with Crippen LogP contribution >= 0.6 is 11.3 Å². The van der Waals surface area contributed by atoms with Crippen LogP contribution in [0.25, 0.3) is 10.2 Å². The lowest BCUT2D eigenvalue weighted by molar-refractivity contribution is -0.929. The zero-order valence-corrected chi connectivity index (χ0v) is 16.6. The Hall–Kier alpha value is -2.84. The third kappa shape index (κ3) is 4.60. The summed E-state index contributed by atoms with van der Waals surface area (Å²) in [7, 11) is 0. The molecule has 1 fully saturated rings. The van der Waals surface area contributed by atoms with Gasteiger partial charge in [0.2, 0.25) is 0 Å². The van der Waals surface area contributed by atoms with Crippen molar-refractivity contribution < 1.29 is 18.9 Å². The minimum atomic E-state index is -0.729. The maximum atomic E-state index is 13.6. The number of halogens is 1. The number of carbonyl (C=O) groups excluding carboxylic acids is 2. The maximum absolute atomic E-state index is 13.6. The molecule has 4 rings (SSSR count). The summed E-state index contributed by atoms with van der Waals surface area (Å²) in [6.45, 7) is 1.02. The molecule has 1 unspecified atom stereocenters. The van der Waals surface area contributed by atoms with E-state index in [-0.39, 0.29) is 24.2 Å². The Morgan fingerprint density at radius 1 is 1.14 bits per heavy atom. The number of quaternary nitrogens is 1. The van der Waals surface area contributed by atoms with E-state index in [2.05, 4.69) is 16.7 Å². The molecule has 6 nitrogen and oxygen atoms in total. The number of hydrogen-bond acceptors (Lipinski definition) is 4. The number of urea groups is 1. The van der Waals surface area contributed by atoms with Crippen LogP contribution in [0.1, 0.15) is 30.3 Å². The molecule has 3 amide bonds. The van der Waals surface area contributed by atoms with Crippen LogP contribution in [0.3, 0.4) is 0 Å². The fourth-order valence-electron chi connectivity index (χ4n) is 3.72. The second-order valence-electron chi connectivity index (χ2n) is 7.14. The van der Waals surface area contributed by atoms with Gasteiger partial charge in [-0.3, -0.25) is 10.1 Å². The van der Waals surface area contributed by atoms with E-state index in [0.29, 0.717) is 0 Å². The molecule has 1 aliphatic heterocycles. The van der Waals surface area contributed by atoms with E-state index in [9.17, 15) is 14.0 Å². The van der Waals surface area contributed by atoms with E-state index >= 15 is 0 Å². The Labute approximate surface area is 171 Å². The monoisotopic (exact) mass is 413 g/mol. The Morgan fingerprint density at radius 2 is 1.93 bits per heavy atom. The molecule has 1 saturated heterocycles. The van der Waals surface area contributed by atoms with Crippen molar-refractivity contribution >= 4 is 39.2 Å². The second-order valence-corrected chi connectivity index (χ2v) is 8.20. The van der Waals surface area contributed by atoms with Gasteiger partial charge in [-0.05, 0) is 37.1 Å². The Balaban J connectivity index is 1.40. The number of para-hydroxylation sites is 2. The van der Waals surface area contributed by atoms with Crippen LogP contribution in [0.15, 0.2) is 48.5 Å². The molecule has 0 aliphatic carbocycles. The number of piperidine rings is 1. The molecule has 150 valence electrons. The first-order valence-electron chi connectivity index (χ1n) is 9.65. The maximum Gasteiger partial charge on any atom is 0.326 e. The lowest BCUT2D eigenvalue weighted by Crippen LogP contribution is -3.14. The smallest absolute Gasteiger partial charge is 0.319 e. The van der Waals surface area contributed by atoms with E-state index in [1.807, 2.05) is 18.2 Å². The van der Waals surface area contributed by atoms with Crippen molar-refractivity contribution in [2.24, 2.45) is 0 Å². The third-order valence-corrected chi connectivity index (χ3v) is 6.25. The van der Waals surface area contributed by atoms with Gasteiger partial charge in [0, 0.05) is 6.42 Å². The van der Waals surface area contributed by atoms with Crippen molar-refractivity contribution in [2.75, 3.05) is 18.4 Å². The van der Waals surface area contributed by atoms with Crippen LogP contribution in [0.2, 0.25) is 0 Å². The van der Waals surface area contributed by atoms with E-state index < -0.39 is 11.8 Å². The number of likely N-dealkylation sites (tertiary alicyclic amines) is 1. The summed E-state index contributed by atoms with van der Waals surface area (Å²) in [4.78, 5) is 30.4. The van der Waals surface area contributed by atoms with Crippen molar-refractivity contribution in [3.05, 3.63) is 59.4 Å². The third-order valence-electron chi connectivity index (χ3n) is 5.10. The zero-order valence-electron chi connectivity index (χ0n) is 15.8. The molecule has 1 aliphatic rings. The minimum Gasteiger partial charge on any atom is -0.319 e. The molecule has 2 heterocycles. The molecule has 0 spiro atoms. The normalized spacial score (nSPS) is 19.1. The van der Waals surface area contributed by atoms with Gasteiger partial charge in [-0.15, -0.1) is 11.3 Å². The van der Waals surface area contributed by atoms with E-state index in [1.54, 1.807) is 17.4 Å². The topological polar surface area (TPSA) is 75.5 Å². The highest BCUT2D eigenvalue weighted by Crippen LogP contribution is 2.28. The Bertz CT molecular complexity index is 1010. The molecule has 3 aromatic rings. The lowest BCUT2D eigenvalue weighted by Gasteiger charge is -2.30. The van der Waals surface area contributed by atoms with Crippen LogP contribution < -0.4 is 15.5 Å². The number of aromatic nitrogens is 1. The molecule has 0 saturated carbocycles. The highest BCUT2D eigenvalue weighted by atomic mass is 32.1. The molecular weight excluding hydrogens is 391 g/mol. The van der Waals surface area contributed by atoms with E-state index in [1.165, 1.54) is 18.2 Å². The molecule has 2 atom stereocenters. The molecule has 8 heteroatoms. The zero-order chi connectivity index (χ0) is 20.2. The molecule has 0 radical (unpaired) electrons. The summed E-state index contributed by atoms with van der Waals surface area (Å²) in [6.07, 6.45) is 3.09. The van der Waals surface area contributed by atoms with Gasteiger partial charge in [-0.1, -0.05) is 24.3 Å². The Morgan fingerprint density at radius 3 is 2.76 bits per heavy atom. The molecule has 1 aromatic heterocycles. The average molecular weight is 413 g/mol. The van der Waals surface area contributed by atoms with Crippen molar-refractivity contribution in [1.82, 2.24) is 10.3 Å². The van der Waals surface area contributed by atoms with Gasteiger partial charge in [0.1, 0.15) is 11.9 Å². The first-order chi connectivity index (χ1) is 14.1. The minimum absolute atomic E-state index is 0.0375. The van der Waals surface area contributed by atoms with Gasteiger partial charge in [-0.25, -0.2) is 14.2 Å². The predicted octanol–water partition coefficient (Wildman–Crippen LogP) is 2.89. The standard InChI is InChI=1S/C21H21FN4O2S/c22-14-7-1-2-8-15(14)24-21(28)25-19(27)13-26-12-6-5-10-17(26)20-23-16-9-3-4-11-18(16)29-20/h1-4,7-9,11,17H,5-6,10,12-13H2,(H2,24,25,27,28)/p+1/t17-/m0/s1. The molecule has 2 aromatic carbocycles. The molecule has 29 heavy (non-hydrogen) atoms. The number of benzene rings is 2. The Kier molecular flexibility index (Phi) is 5.82. The van der Waals surface area contributed by atoms with E-state index in [4.69, 9.17) is 4.98 Å². The summed E-state index contributed by atoms with van der Waals surface area (Å²) in [5.74, 6) is -0.936. The van der Waals surface area contributed by atoms with Gasteiger partial charge in [-0.2, -0.15) is 0 Å². The number of imide groups is 1. The fourth-order valence-corrected chi connectivity index (χ4v) is 4.88. The largest absolute Gasteiger partial charge is 0.326 e. The average Bonchev–Trinajstić information content (AvgIpc) is 3.14. The highest BCUT2D eigenvalue weighted by molar-refractivity contribution is 7.18. The van der Waals surface area contributed by atoms with Gasteiger partial charge in [0.15, 0.2) is 11.6 Å². The molecular formula is C21H22FN4O2S+. The van der Waals surface area contributed by atoms with Crippen molar-refractivity contribution in [3.63, 3.8) is 0 Å². The lowest BCUT2D eigenvalue weighted by atomic mass is 10.0. The fraction of sp³-hybridized carbons (Fsp3) is 0.286. The number of nitrogens with zero attached hydrogens (tertiary/aromatic N) is 1. The number of fused-ring (bicyclic) bond motifs is 1. The van der Waals surface area contributed by atoms with Crippen LogP contribution in [0, 0.1) is 5.82 Å². The number of rotatable bonds is 4. The quantitative estimate of drug-likeness (QED) is 0.616. The summed E-state index contributed by atoms with van der Waals surface area (Å²) in [5.41, 5.74) is 1.02. The first-order valence-corrected chi connectivity index (χ1v) is 10.5. The van der Waals surface area contributed by atoms with Gasteiger partial charge in [0.25, 0.3) is 5.91 Å². The van der Waals surface area contributed by atoms with Crippen LogP contribution in [0.5, 0.6) is 0 Å². The van der Waals surface area contributed by atoms with Gasteiger partial charge >= 0.3 is 6.03 Å². The number of thiazole rings is 1. The number of carbonyl (C=O) groups is 2. The first kappa shape index (κ1) is 19.5. The number of hydrogen-bond donors (Lipinski definition) is 3. The van der Waals surface area contributed by atoms with Gasteiger partial charge in [0.05, 0.1) is 22.4 Å². The van der Waals surface area contributed by atoms with Gasteiger partial charge < -0.3 is 10.2 Å². The number of nitrogens with one attached hydrogen (secondary N) is 3. The number of amides is 3. The van der Waals surface area contributed by atoms with E-state index in [0.717, 1.165) is 45.9 Å². The molecule has 0 bridgehead atoms. The van der Waals surface area contributed by atoms with Crippen LogP contribution in [-0.4, -0.2) is 30.0 Å². The van der Waals surface area contributed by atoms with Crippen molar-refractivity contribution in [3.8, 4) is 0 Å². The number of anilines is 1. The summed E-state index contributed by atoms with van der Waals surface area (Å²) < 4.78 is 14.8. The van der Waals surface area contributed by atoms with Crippen molar-refractivity contribution in [2.45, 2.75) is 25.3 Å². The summed E-state index contributed by atoms with van der Waals surface area (Å²) >= 11 is 1.67. The SMILES string of the molecule is O=C(C[NH+]1CCCC[C@H]1c1nc2ccccc2s1)NC(=O)Nc1ccccc1F. The second kappa shape index (κ2) is 8.67. The highest BCUT2D eigenvalue weighted by Gasteiger charge is 2.32. The summed E-state index contributed by atoms with van der Waals surface area (Å²) in [6, 6.07) is 13.3. The summed E-state index contributed by atoms with van der Waals surface area (Å²) in [5, 5.41) is 5.71.